The second-order valence-corrected chi connectivity index (χ2v) is 7.36. The van der Waals surface area contributed by atoms with E-state index in [1.807, 2.05) is 31.2 Å². The summed E-state index contributed by atoms with van der Waals surface area (Å²) in [6.45, 7) is 5.95. The lowest BCUT2D eigenvalue weighted by molar-refractivity contribution is 0.0900. The summed E-state index contributed by atoms with van der Waals surface area (Å²) in [5.74, 6) is 0.722. The molecule has 0 spiro atoms. The Labute approximate surface area is 158 Å². The molecule has 2 aromatic rings. The predicted octanol–water partition coefficient (Wildman–Crippen LogP) is 1.01. The van der Waals surface area contributed by atoms with E-state index in [-0.39, 0.29) is 18.0 Å². The molecule has 2 atom stereocenters. The van der Waals surface area contributed by atoms with Gasteiger partial charge in [-0.3, -0.25) is 9.69 Å². The number of aryl methyl sites for hydroxylation is 1. The Morgan fingerprint density at radius 1 is 1.19 bits per heavy atom. The van der Waals surface area contributed by atoms with Gasteiger partial charge in [-0.1, -0.05) is 18.6 Å². The fourth-order valence-electron chi connectivity index (χ4n) is 3.87. The summed E-state index contributed by atoms with van der Waals surface area (Å²) in [7, 11) is 0. The monoisotopic (exact) mass is 370 g/mol. The quantitative estimate of drug-likeness (QED) is 0.846. The van der Waals surface area contributed by atoms with Crippen LogP contribution in [-0.2, 0) is 11.3 Å². The third-order valence-electron chi connectivity index (χ3n) is 5.49. The van der Waals surface area contributed by atoms with Gasteiger partial charge >= 0.3 is 0 Å². The van der Waals surface area contributed by atoms with Gasteiger partial charge in [-0.05, 0) is 61.0 Å². The first-order chi connectivity index (χ1) is 13.2. The molecule has 8 heteroatoms. The van der Waals surface area contributed by atoms with Crippen molar-refractivity contribution in [3.63, 3.8) is 0 Å². The molecule has 2 fully saturated rings. The Kier molecular flexibility index (Phi) is 5.45. The minimum absolute atomic E-state index is 0.0438. The highest BCUT2D eigenvalue weighted by molar-refractivity contribution is 5.94. The van der Waals surface area contributed by atoms with Crippen LogP contribution in [-0.4, -0.2) is 69.4 Å². The molecule has 3 heterocycles. The first kappa shape index (κ1) is 18.1. The number of benzene rings is 1. The standard InChI is InChI=1S/C19H26N6O2/c1-14-21-22-23-25(14)11-15-5-7-16(8-6-15)19(26)20-17-12-27-13-18(17)24-9-3-2-4-10-24/h5-8,17-18H,2-4,9-13H2,1H3,(H,20,26)/t17-,18-/m1/s1. The summed E-state index contributed by atoms with van der Waals surface area (Å²) in [6, 6.07) is 7.95. The van der Waals surface area contributed by atoms with Gasteiger partial charge in [0, 0.05) is 5.56 Å². The van der Waals surface area contributed by atoms with Crippen LogP contribution in [0.15, 0.2) is 24.3 Å². The van der Waals surface area contributed by atoms with Crippen LogP contribution < -0.4 is 5.32 Å². The number of nitrogens with one attached hydrogen (secondary N) is 1. The van der Waals surface area contributed by atoms with Gasteiger partial charge in [0.25, 0.3) is 5.91 Å². The van der Waals surface area contributed by atoms with Gasteiger partial charge in [-0.25, -0.2) is 4.68 Å². The van der Waals surface area contributed by atoms with E-state index >= 15 is 0 Å². The molecule has 1 aromatic heterocycles. The molecule has 144 valence electrons. The molecular formula is C19H26N6O2. The summed E-state index contributed by atoms with van der Waals surface area (Å²) >= 11 is 0. The third kappa shape index (κ3) is 4.17. The molecule has 8 nitrogen and oxygen atoms in total. The number of hydrogen-bond donors (Lipinski definition) is 1. The lowest BCUT2D eigenvalue weighted by Crippen LogP contribution is -2.52. The van der Waals surface area contributed by atoms with E-state index in [1.165, 1.54) is 19.3 Å². The third-order valence-corrected chi connectivity index (χ3v) is 5.49. The van der Waals surface area contributed by atoms with Crippen LogP contribution >= 0.6 is 0 Å². The number of likely N-dealkylation sites (tertiary alicyclic amines) is 1. The Morgan fingerprint density at radius 3 is 2.67 bits per heavy atom. The number of nitrogens with zero attached hydrogens (tertiary/aromatic N) is 5. The maximum Gasteiger partial charge on any atom is 0.251 e. The first-order valence-electron chi connectivity index (χ1n) is 9.65. The van der Waals surface area contributed by atoms with Crippen LogP contribution in [0.5, 0.6) is 0 Å². The summed E-state index contributed by atoms with van der Waals surface area (Å²) in [5.41, 5.74) is 1.72. The zero-order valence-corrected chi connectivity index (χ0v) is 15.7. The van der Waals surface area contributed by atoms with E-state index in [4.69, 9.17) is 4.74 Å². The minimum atomic E-state index is -0.0438. The molecule has 2 aliphatic heterocycles. The normalized spacial score (nSPS) is 23.4. The molecule has 1 aromatic carbocycles. The maximum absolute atomic E-state index is 12.7. The number of amides is 1. The number of carbonyl (C=O) groups excluding carboxylic acids is 1. The second kappa shape index (κ2) is 8.14. The first-order valence-corrected chi connectivity index (χ1v) is 9.65. The predicted molar refractivity (Wildman–Crippen MR) is 99.4 cm³/mol. The second-order valence-electron chi connectivity index (χ2n) is 7.36. The lowest BCUT2D eigenvalue weighted by atomic mass is 10.0. The smallest absolute Gasteiger partial charge is 0.251 e. The molecule has 1 N–H and O–H groups in total. The van der Waals surface area contributed by atoms with Crippen LogP contribution in [0.25, 0.3) is 0 Å². The van der Waals surface area contributed by atoms with Crippen LogP contribution in [0.1, 0.15) is 41.0 Å². The Hall–Kier alpha value is -2.32. The van der Waals surface area contributed by atoms with E-state index in [9.17, 15) is 4.79 Å². The number of rotatable bonds is 5. The van der Waals surface area contributed by atoms with Gasteiger partial charge in [0.2, 0.25) is 0 Å². The summed E-state index contributed by atoms with van der Waals surface area (Å²) in [4.78, 5) is 15.2. The average Bonchev–Trinajstić information content (AvgIpc) is 3.32. The molecule has 1 amide bonds. The van der Waals surface area contributed by atoms with Crippen LogP contribution in [0, 0.1) is 6.92 Å². The van der Waals surface area contributed by atoms with E-state index < -0.39 is 0 Å². The van der Waals surface area contributed by atoms with E-state index in [1.54, 1.807) is 4.68 Å². The average molecular weight is 370 g/mol. The van der Waals surface area contributed by atoms with E-state index in [0.717, 1.165) is 24.5 Å². The van der Waals surface area contributed by atoms with Gasteiger partial charge in [0.1, 0.15) is 5.82 Å². The molecule has 0 bridgehead atoms. The van der Waals surface area contributed by atoms with Crippen molar-refractivity contribution in [1.29, 1.82) is 0 Å². The van der Waals surface area contributed by atoms with Gasteiger partial charge in [-0.2, -0.15) is 0 Å². The van der Waals surface area contributed by atoms with Crippen molar-refractivity contribution in [2.45, 2.75) is 44.8 Å². The summed E-state index contributed by atoms with van der Waals surface area (Å²) in [6.07, 6.45) is 3.77. The van der Waals surface area contributed by atoms with Crippen molar-refractivity contribution < 1.29 is 9.53 Å². The van der Waals surface area contributed by atoms with Gasteiger partial charge in [0.05, 0.1) is 31.8 Å². The highest BCUT2D eigenvalue weighted by atomic mass is 16.5. The highest BCUT2D eigenvalue weighted by Gasteiger charge is 2.34. The van der Waals surface area contributed by atoms with Crippen molar-refractivity contribution in [3.8, 4) is 0 Å². The molecule has 4 rings (SSSR count). The van der Waals surface area contributed by atoms with Crippen LogP contribution in [0.3, 0.4) is 0 Å². The van der Waals surface area contributed by atoms with Crippen LogP contribution in [0.4, 0.5) is 0 Å². The molecular weight excluding hydrogens is 344 g/mol. The molecule has 0 aliphatic carbocycles. The number of ether oxygens (including phenoxy) is 1. The molecule has 0 saturated carbocycles. The van der Waals surface area contributed by atoms with Crippen molar-refractivity contribution in [1.82, 2.24) is 30.4 Å². The Morgan fingerprint density at radius 2 is 1.96 bits per heavy atom. The number of aromatic nitrogens is 4. The number of carbonyl (C=O) groups is 1. The van der Waals surface area contributed by atoms with Gasteiger partial charge in [-0.15, -0.1) is 5.10 Å². The largest absolute Gasteiger partial charge is 0.378 e. The van der Waals surface area contributed by atoms with Crippen molar-refractivity contribution in [3.05, 3.63) is 41.2 Å². The number of hydrogen-bond acceptors (Lipinski definition) is 6. The highest BCUT2D eigenvalue weighted by Crippen LogP contribution is 2.19. The zero-order valence-electron chi connectivity index (χ0n) is 15.7. The van der Waals surface area contributed by atoms with Crippen LogP contribution in [0.2, 0.25) is 0 Å². The molecule has 27 heavy (non-hydrogen) atoms. The van der Waals surface area contributed by atoms with Crippen molar-refractivity contribution >= 4 is 5.91 Å². The van der Waals surface area contributed by atoms with Crippen molar-refractivity contribution in [2.24, 2.45) is 0 Å². The fraction of sp³-hybridized carbons (Fsp3) is 0.579. The SMILES string of the molecule is Cc1nnnn1Cc1ccc(C(=O)N[C@@H]2COC[C@H]2N2CCCCC2)cc1. The lowest BCUT2D eigenvalue weighted by Gasteiger charge is -2.34. The minimum Gasteiger partial charge on any atom is -0.378 e. The topological polar surface area (TPSA) is 85.2 Å². The molecule has 0 unspecified atom stereocenters. The summed E-state index contributed by atoms with van der Waals surface area (Å²) in [5, 5.41) is 14.7. The van der Waals surface area contributed by atoms with E-state index in [0.29, 0.717) is 25.3 Å². The fourth-order valence-corrected chi connectivity index (χ4v) is 3.87. The number of piperidine rings is 1. The zero-order chi connectivity index (χ0) is 18.6. The van der Waals surface area contributed by atoms with Gasteiger partial charge < -0.3 is 10.1 Å². The van der Waals surface area contributed by atoms with Gasteiger partial charge in [0.15, 0.2) is 0 Å². The molecule has 2 saturated heterocycles. The number of tetrazole rings is 1. The molecule has 2 aliphatic rings. The Bertz CT molecular complexity index is 769. The Balaban J connectivity index is 1.37. The maximum atomic E-state index is 12.7. The van der Waals surface area contributed by atoms with E-state index in [2.05, 4.69) is 25.7 Å². The molecule has 0 radical (unpaired) electrons. The summed E-state index contributed by atoms with van der Waals surface area (Å²) < 4.78 is 7.40. The van der Waals surface area contributed by atoms with Crippen molar-refractivity contribution in [2.75, 3.05) is 26.3 Å².